The smallest absolute Gasteiger partial charge is 0.240 e. The average molecular weight is 305 g/mol. The van der Waals surface area contributed by atoms with Crippen molar-refractivity contribution in [2.45, 2.75) is 25.2 Å². The predicted octanol–water partition coefficient (Wildman–Crippen LogP) is 2.35. The summed E-state index contributed by atoms with van der Waals surface area (Å²) in [6.45, 7) is 7.52. The zero-order valence-corrected chi connectivity index (χ0v) is 13.0. The second-order valence-corrected chi connectivity index (χ2v) is 6.44. The molecule has 0 saturated heterocycles. The maximum absolute atomic E-state index is 12.0. The quantitative estimate of drug-likeness (QED) is 0.750. The van der Waals surface area contributed by atoms with Gasteiger partial charge >= 0.3 is 0 Å². The minimum atomic E-state index is -3.42. The molecule has 0 heterocycles. The fourth-order valence-electron chi connectivity index (χ4n) is 1.75. The van der Waals surface area contributed by atoms with Crippen molar-refractivity contribution in [3.63, 3.8) is 0 Å². The molecule has 6 heteroatoms. The minimum Gasteiger partial charge on any atom is -0.304 e. The highest BCUT2D eigenvalue weighted by molar-refractivity contribution is 7.89. The van der Waals surface area contributed by atoms with Crippen LogP contribution in [0.3, 0.4) is 0 Å². The van der Waals surface area contributed by atoms with Crippen LogP contribution in [0.4, 0.5) is 0 Å². The minimum absolute atomic E-state index is 0.250. The molecule has 1 aromatic rings. The number of hydrogen-bond acceptors (Lipinski definition) is 3. The van der Waals surface area contributed by atoms with Gasteiger partial charge in [-0.2, -0.15) is 0 Å². The largest absolute Gasteiger partial charge is 0.304 e. The maximum atomic E-state index is 12.0. The predicted molar refractivity (Wildman–Crippen MR) is 79.0 cm³/mol. The lowest BCUT2D eigenvalue weighted by Crippen LogP contribution is -2.29. The van der Waals surface area contributed by atoms with Crippen LogP contribution in [-0.2, 0) is 10.0 Å². The zero-order chi connectivity index (χ0) is 14.3. The monoisotopic (exact) mass is 304 g/mol. The van der Waals surface area contributed by atoms with Crippen molar-refractivity contribution in [3.8, 4) is 0 Å². The first-order chi connectivity index (χ1) is 8.99. The van der Waals surface area contributed by atoms with Crippen LogP contribution < -0.4 is 4.72 Å². The first kappa shape index (κ1) is 16.4. The Balaban J connectivity index is 2.45. The number of benzene rings is 1. The molecule has 1 rings (SSSR count). The van der Waals surface area contributed by atoms with Crippen molar-refractivity contribution < 1.29 is 8.42 Å². The van der Waals surface area contributed by atoms with E-state index in [2.05, 4.69) is 23.5 Å². The number of sulfonamides is 1. The van der Waals surface area contributed by atoms with Gasteiger partial charge in [-0.05, 0) is 50.3 Å². The Bertz CT molecular complexity index is 470. The molecule has 0 aromatic heterocycles. The van der Waals surface area contributed by atoms with E-state index in [1.807, 2.05) is 0 Å². The molecule has 0 fully saturated rings. The van der Waals surface area contributed by atoms with E-state index in [0.717, 1.165) is 26.1 Å². The molecule has 0 unspecified atom stereocenters. The van der Waals surface area contributed by atoms with Gasteiger partial charge in [-0.1, -0.05) is 25.4 Å². The molecule has 0 aliphatic rings. The summed E-state index contributed by atoms with van der Waals surface area (Å²) in [6, 6.07) is 6.17. The summed E-state index contributed by atoms with van der Waals surface area (Å²) in [5, 5.41) is 0.528. The summed E-state index contributed by atoms with van der Waals surface area (Å²) in [5.41, 5.74) is 0. The van der Waals surface area contributed by atoms with E-state index < -0.39 is 10.0 Å². The van der Waals surface area contributed by atoms with E-state index in [9.17, 15) is 8.42 Å². The molecule has 0 spiro atoms. The third-order valence-corrected chi connectivity index (χ3v) is 4.69. The highest BCUT2D eigenvalue weighted by Gasteiger charge is 2.12. The van der Waals surface area contributed by atoms with E-state index in [1.165, 1.54) is 12.1 Å². The van der Waals surface area contributed by atoms with Gasteiger partial charge in [0.2, 0.25) is 10.0 Å². The molecule has 0 amide bonds. The average Bonchev–Trinajstić information content (AvgIpc) is 2.39. The van der Waals surface area contributed by atoms with Crippen LogP contribution >= 0.6 is 11.6 Å². The lowest BCUT2D eigenvalue weighted by Gasteiger charge is -2.17. The van der Waals surface area contributed by atoms with Gasteiger partial charge in [-0.15, -0.1) is 0 Å². The highest BCUT2D eigenvalue weighted by atomic mass is 35.5. The Labute approximate surface area is 120 Å². The van der Waals surface area contributed by atoms with Crippen molar-refractivity contribution >= 4 is 21.6 Å². The third-order valence-electron chi connectivity index (χ3n) is 2.96. The normalized spacial score (nSPS) is 12.0. The topological polar surface area (TPSA) is 49.4 Å². The third kappa shape index (κ3) is 5.48. The van der Waals surface area contributed by atoms with Gasteiger partial charge in [0, 0.05) is 11.6 Å². The number of hydrogen-bond donors (Lipinski definition) is 1. The molecule has 0 saturated carbocycles. The summed E-state index contributed by atoms with van der Waals surface area (Å²) >= 11 is 5.73. The van der Waals surface area contributed by atoms with Gasteiger partial charge in [-0.25, -0.2) is 13.1 Å². The Morgan fingerprint density at radius 3 is 2.26 bits per heavy atom. The van der Waals surface area contributed by atoms with Crippen LogP contribution in [0, 0.1) is 0 Å². The summed E-state index contributed by atoms with van der Waals surface area (Å²) in [5.74, 6) is 0. The Morgan fingerprint density at radius 2 is 1.74 bits per heavy atom. The Hall–Kier alpha value is -0.620. The second-order valence-electron chi connectivity index (χ2n) is 4.23. The highest BCUT2D eigenvalue weighted by Crippen LogP contribution is 2.13. The van der Waals surface area contributed by atoms with Gasteiger partial charge in [0.25, 0.3) is 0 Å². The van der Waals surface area contributed by atoms with Crippen LogP contribution in [0.2, 0.25) is 5.02 Å². The van der Waals surface area contributed by atoms with E-state index in [1.54, 1.807) is 12.1 Å². The molecule has 19 heavy (non-hydrogen) atoms. The molecular formula is C13H21ClN2O2S. The number of halogens is 1. The van der Waals surface area contributed by atoms with Gasteiger partial charge in [-0.3, -0.25) is 0 Å². The summed E-state index contributed by atoms with van der Waals surface area (Å²) in [4.78, 5) is 2.51. The van der Waals surface area contributed by atoms with Crippen molar-refractivity contribution in [1.82, 2.24) is 9.62 Å². The Morgan fingerprint density at radius 1 is 1.16 bits per heavy atom. The fourth-order valence-corrected chi connectivity index (χ4v) is 2.95. The van der Waals surface area contributed by atoms with Crippen LogP contribution in [0.25, 0.3) is 0 Å². The van der Waals surface area contributed by atoms with Gasteiger partial charge in [0.05, 0.1) is 4.90 Å². The number of nitrogens with one attached hydrogen (secondary N) is 1. The first-order valence-corrected chi connectivity index (χ1v) is 8.33. The lowest BCUT2D eigenvalue weighted by molar-refractivity contribution is 0.300. The number of nitrogens with zero attached hydrogens (tertiary/aromatic N) is 1. The van der Waals surface area contributed by atoms with E-state index >= 15 is 0 Å². The lowest BCUT2D eigenvalue weighted by atomic mass is 10.4. The van der Waals surface area contributed by atoms with Gasteiger partial charge < -0.3 is 4.90 Å². The van der Waals surface area contributed by atoms with Gasteiger partial charge in [0.1, 0.15) is 0 Å². The molecule has 0 bridgehead atoms. The fraction of sp³-hybridized carbons (Fsp3) is 0.538. The molecule has 1 aromatic carbocycles. The van der Waals surface area contributed by atoms with E-state index in [0.29, 0.717) is 11.6 Å². The summed E-state index contributed by atoms with van der Waals surface area (Å²) in [6.07, 6.45) is 0.800. The van der Waals surface area contributed by atoms with Crippen LogP contribution in [0.1, 0.15) is 20.3 Å². The van der Waals surface area contributed by atoms with Crippen molar-refractivity contribution in [1.29, 1.82) is 0 Å². The van der Waals surface area contributed by atoms with E-state index in [4.69, 9.17) is 11.6 Å². The molecule has 0 aliphatic heterocycles. The van der Waals surface area contributed by atoms with Crippen molar-refractivity contribution in [2.24, 2.45) is 0 Å². The second kappa shape index (κ2) is 7.85. The van der Waals surface area contributed by atoms with Crippen LogP contribution in [0.5, 0.6) is 0 Å². The molecule has 1 N–H and O–H groups in total. The number of rotatable bonds is 8. The molecule has 4 nitrogen and oxygen atoms in total. The van der Waals surface area contributed by atoms with Crippen LogP contribution in [0.15, 0.2) is 29.2 Å². The Kier molecular flexibility index (Phi) is 6.79. The molecule has 0 radical (unpaired) electrons. The zero-order valence-electron chi connectivity index (χ0n) is 11.4. The maximum Gasteiger partial charge on any atom is 0.240 e. The SMILES string of the molecule is CCN(CC)CCCNS(=O)(=O)c1ccc(Cl)cc1. The van der Waals surface area contributed by atoms with Crippen molar-refractivity contribution in [2.75, 3.05) is 26.2 Å². The van der Waals surface area contributed by atoms with Crippen molar-refractivity contribution in [3.05, 3.63) is 29.3 Å². The van der Waals surface area contributed by atoms with E-state index in [-0.39, 0.29) is 4.90 Å². The molecule has 108 valence electrons. The standard InChI is InChI=1S/C13H21ClN2O2S/c1-3-16(4-2)11-5-10-15-19(17,18)13-8-6-12(14)7-9-13/h6-9,15H,3-5,10-11H2,1-2H3. The molecule has 0 aliphatic carbocycles. The molecule has 0 atom stereocenters. The van der Waals surface area contributed by atoms with Crippen LogP contribution in [-0.4, -0.2) is 39.5 Å². The van der Waals surface area contributed by atoms with Gasteiger partial charge in [0.15, 0.2) is 0 Å². The summed E-state index contributed by atoms with van der Waals surface area (Å²) in [7, 11) is -3.42. The first-order valence-electron chi connectivity index (χ1n) is 6.47. The summed E-state index contributed by atoms with van der Waals surface area (Å²) < 4.78 is 26.5. The molecular weight excluding hydrogens is 284 g/mol.